The molecular formula is C38H61N13O11. The Kier molecular flexibility index (Phi) is 19.6. The van der Waals surface area contributed by atoms with Crippen LogP contribution in [0.4, 0.5) is 0 Å². The van der Waals surface area contributed by atoms with Crippen LogP contribution in [0, 0.1) is 0 Å². The van der Waals surface area contributed by atoms with Crippen LogP contribution in [0.15, 0.2) is 34.3 Å². The number of nitrogens with one attached hydrogen (secondary N) is 4. The minimum atomic E-state index is -1.61. The van der Waals surface area contributed by atoms with Crippen molar-refractivity contribution >= 4 is 53.3 Å². The molecule has 2 aliphatic rings. The van der Waals surface area contributed by atoms with Crippen molar-refractivity contribution in [2.75, 3.05) is 32.8 Å². The first kappa shape index (κ1) is 50.1. The van der Waals surface area contributed by atoms with E-state index in [2.05, 4.69) is 31.3 Å². The molecule has 0 bridgehead atoms. The van der Waals surface area contributed by atoms with E-state index >= 15 is 0 Å². The molecule has 0 radical (unpaired) electrons. The lowest BCUT2D eigenvalue weighted by Gasteiger charge is -2.32. The molecule has 344 valence electrons. The summed E-state index contributed by atoms with van der Waals surface area (Å²) < 4.78 is 0. The van der Waals surface area contributed by atoms with Gasteiger partial charge in [-0.15, -0.1) is 0 Å². The smallest absolute Gasteiger partial charge is 0.326 e. The number of benzene rings is 1. The Bertz CT molecular complexity index is 1790. The lowest BCUT2D eigenvalue weighted by molar-refractivity contribution is -0.144. The first-order chi connectivity index (χ1) is 29.3. The molecule has 0 aliphatic carbocycles. The summed E-state index contributed by atoms with van der Waals surface area (Å²) >= 11 is 0. The number of hydrogen-bond donors (Lipinski definition) is 13. The van der Waals surface area contributed by atoms with Crippen LogP contribution in [0.2, 0.25) is 0 Å². The second kappa shape index (κ2) is 24.2. The second-order valence-corrected chi connectivity index (χ2v) is 15.2. The maximum Gasteiger partial charge on any atom is 0.326 e. The molecule has 62 heavy (non-hydrogen) atoms. The zero-order valence-corrected chi connectivity index (χ0v) is 34.6. The number of hydrogen-bond acceptors (Lipinski definition) is 13. The fourth-order valence-electron chi connectivity index (χ4n) is 7.15. The first-order valence-electron chi connectivity index (χ1n) is 20.3. The number of carboxylic acid groups (broad SMARTS) is 1. The third-order valence-corrected chi connectivity index (χ3v) is 10.4. The molecule has 2 heterocycles. The molecule has 0 saturated carbocycles. The van der Waals surface area contributed by atoms with Crippen molar-refractivity contribution in [1.29, 1.82) is 0 Å². The summed E-state index contributed by atoms with van der Waals surface area (Å²) in [6, 6.07) is -3.32. The molecule has 2 aliphatic heterocycles. The van der Waals surface area contributed by atoms with Crippen molar-refractivity contribution < 1.29 is 54.0 Å². The Hall–Kier alpha value is -6.27. The fourth-order valence-corrected chi connectivity index (χ4v) is 7.15. The number of nitrogens with zero attached hydrogens (tertiary/aromatic N) is 4. The van der Waals surface area contributed by atoms with Crippen LogP contribution in [-0.2, 0) is 40.0 Å². The number of rotatable bonds is 23. The maximum absolute atomic E-state index is 14.4. The van der Waals surface area contributed by atoms with Gasteiger partial charge < -0.3 is 80.2 Å². The lowest BCUT2D eigenvalue weighted by Crippen LogP contribution is -2.61. The van der Waals surface area contributed by atoms with E-state index in [9.17, 15) is 54.0 Å². The van der Waals surface area contributed by atoms with Crippen molar-refractivity contribution in [1.82, 2.24) is 31.1 Å². The maximum atomic E-state index is 14.4. The van der Waals surface area contributed by atoms with Gasteiger partial charge in [0.15, 0.2) is 11.9 Å². The number of amides is 6. The molecule has 2 fully saturated rings. The third-order valence-electron chi connectivity index (χ3n) is 10.4. The fraction of sp³-hybridized carbons (Fsp3) is 0.605. The van der Waals surface area contributed by atoms with Gasteiger partial charge in [-0.05, 0) is 76.0 Å². The van der Waals surface area contributed by atoms with E-state index in [0.29, 0.717) is 18.4 Å². The van der Waals surface area contributed by atoms with Gasteiger partial charge in [0.25, 0.3) is 0 Å². The van der Waals surface area contributed by atoms with Crippen molar-refractivity contribution in [3.63, 3.8) is 0 Å². The molecule has 0 aromatic heterocycles. The van der Waals surface area contributed by atoms with Crippen molar-refractivity contribution in [2.45, 2.75) is 113 Å². The number of aliphatic carboxylic acids is 1. The molecule has 2 saturated heterocycles. The van der Waals surface area contributed by atoms with Gasteiger partial charge in [0, 0.05) is 32.6 Å². The highest BCUT2D eigenvalue weighted by molar-refractivity contribution is 5.97. The van der Waals surface area contributed by atoms with Crippen LogP contribution >= 0.6 is 0 Å². The minimum absolute atomic E-state index is 0.0254. The summed E-state index contributed by atoms with van der Waals surface area (Å²) in [6.07, 6.45) is -0.133. The number of carboxylic acids is 1. The SMILES string of the molecule is C[C@@H](O)[C@H](NC(=O)[C@@H]1CCCN1C(=O)[C@@H](N)CO)C(=O)N[C@@H](Cc1ccc(O)cc1)C(=O)N1CCC[C@H]1C(=O)N[C@@H](CCCN=C(N)N)C(=O)N[C@@H](CCCN=C(N)N)C(=O)O. The normalized spacial score (nSPS) is 18.8. The quantitative estimate of drug-likeness (QED) is 0.0277. The number of phenolic OH excluding ortho intramolecular Hbond substituents is 1. The van der Waals surface area contributed by atoms with E-state index < -0.39 is 96.4 Å². The molecule has 1 aromatic rings. The highest BCUT2D eigenvalue weighted by Gasteiger charge is 2.42. The summed E-state index contributed by atoms with van der Waals surface area (Å²) in [5, 5.41) is 49.9. The Morgan fingerprint density at radius 3 is 1.74 bits per heavy atom. The van der Waals surface area contributed by atoms with Crippen molar-refractivity contribution in [2.24, 2.45) is 38.7 Å². The van der Waals surface area contributed by atoms with Gasteiger partial charge in [-0.2, -0.15) is 0 Å². The number of aliphatic imine (C=N–C) groups is 2. The van der Waals surface area contributed by atoms with E-state index in [0.717, 1.165) is 0 Å². The largest absolute Gasteiger partial charge is 0.508 e. The molecule has 6 amide bonds. The molecular weight excluding hydrogens is 814 g/mol. The van der Waals surface area contributed by atoms with E-state index in [1.165, 1.54) is 41.0 Å². The van der Waals surface area contributed by atoms with Crippen LogP contribution in [0.3, 0.4) is 0 Å². The number of phenols is 1. The average Bonchev–Trinajstić information content (AvgIpc) is 3.92. The third kappa shape index (κ3) is 15.0. The van der Waals surface area contributed by atoms with E-state index in [1.54, 1.807) is 0 Å². The zero-order chi connectivity index (χ0) is 46.1. The van der Waals surface area contributed by atoms with Gasteiger partial charge in [0.1, 0.15) is 48.0 Å². The Morgan fingerprint density at radius 2 is 1.24 bits per heavy atom. The molecule has 18 N–H and O–H groups in total. The minimum Gasteiger partial charge on any atom is -0.508 e. The van der Waals surface area contributed by atoms with Gasteiger partial charge in [0.05, 0.1) is 12.7 Å². The second-order valence-electron chi connectivity index (χ2n) is 15.2. The Balaban J connectivity index is 1.85. The molecule has 3 rings (SSSR count). The van der Waals surface area contributed by atoms with Crippen molar-refractivity contribution in [3.8, 4) is 5.75 Å². The number of guanidine groups is 2. The number of carbonyl (C=O) groups is 7. The Morgan fingerprint density at radius 1 is 0.742 bits per heavy atom. The van der Waals surface area contributed by atoms with E-state index in [4.69, 9.17) is 28.7 Å². The van der Waals surface area contributed by atoms with Gasteiger partial charge in [-0.1, -0.05) is 12.1 Å². The van der Waals surface area contributed by atoms with Crippen LogP contribution in [0.1, 0.15) is 63.9 Å². The van der Waals surface area contributed by atoms with Crippen LogP contribution < -0.4 is 49.9 Å². The average molecular weight is 876 g/mol. The van der Waals surface area contributed by atoms with E-state index in [-0.39, 0.29) is 88.8 Å². The van der Waals surface area contributed by atoms with Gasteiger partial charge in [-0.25, -0.2) is 4.79 Å². The lowest BCUT2D eigenvalue weighted by atomic mass is 10.0. The number of likely N-dealkylation sites (tertiary alicyclic amines) is 2. The van der Waals surface area contributed by atoms with Gasteiger partial charge in [-0.3, -0.25) is 38.8 Å². The monoisotopic (exact) mass is 875 g/mol. The van der Waals surface area contributed by atoms with E-state index in [1.807, 2.05) is 0 Å². The predicted octanol–water partition coefficient (Wildman–Crippen LogP) is -5.25. The van der Waals surface area contributed by atoms with Crippen molar-refractivity contribution in [3.05, 3.63) is 29.8 Å². The van der Waals surface area contributed by atoms with Crippen LogP contribution in [0.25, 0.3) is 0 Å². The van der Waals surface area contributed by atoms with Crippen LogP contribution in [0.5, 0.6) is 5.75 Å². The number of nitrogens with two attached hydrogens (primary N) is 5. The Labute approximate surface area is 358 Å². The molecule has 0 spiro atoms. The molecule has 24 heteroatoms. The number of aliphatic hydroxyl groups excluding tert-OH is 2. The summed E-state index contributed by atoms with van der Waals surface area (Å²) in [6.45, 7) is 1.03. The predicted molar refractivity (Wildman–Crippen MR) is 223 cm³/mol. The molecule has 0 unspecified atom stereocenters. The van der Waals surface area contributed by atoms with Crippen LogP contribution in [-0.4, -0.2) is 165 Å². The molecule has 1 aromatic carbocycles. The highest BCUT2D eigenvalue weighted by Crippen LogP contribution is 2.22. The summed E-state index contributed by atoms with van der Waals surface area (Å²) in [4.78, 5) is 104. The first-order valence-corrected chi connectivity index (χ1v) is 20.3. The zero-order valence-electron chi connectivity index (χ0n) is 34.6. The summed E-state index contributed by atoms with van der Waals surface area (Å²) in [7, 11) is 0. The van der Waals surface area contributed by atoms with Gasteiger partial charge in [0.2, 0.25) is 35.4 Å². The molecule has 8 atom stereocenters. The number of carbonyl (C=O) groups excluding carboxylic acids is 6. The number of aliphatic hydroxyl groups is 2. The number of aromatic hydroxyl groups is 1. The summed E-state index contributed by atoms with van der Waals surface area (Å²) in [5.74, 6) is -6.45. The van der Waals surface area contributed by atoms with Gasteiger partial charge >= 0.3 is 5.97 Å². The topological polar surface area (TPSA) is 410 Å². The molecule has 24 nitrogen and oxygen atoms in total. The summed E-state index contributed by atoms with van der Waals surface area (Å²) in [5.41, 5.74) is 27.7. The highest BCUT2D eigenvalue weighted by atomic mass is 16.4. The standard InChI is InChI=1S/C38H61N13O11/c1-20(53)29(49-32(57)28-9-4-16-50(28)34(59)23(39)19-52)33(58)48-26(18-21-10-12-22(54)13-11-21)35(60)51-17-5-8-27(51)31(56)46-24(6-2-14-44-37(40)41)30(55)47-25(36(61)62)7-3-15-45-38(42)43/h10-13,20,23-29,52-54H,2-9,14-19,39H2,1H3,(H,46,56)(H,47,55)(H,48,58)(H,49,57)(H,61,62)(H4,40,41,44)(H4,42,43,45)/t20-,23+,24+,25+,26+,27+,28+,29+/m1/s1.